The van der Waals surface area contributed by atoms with Crippen LogP contribution in [0.4, 0.5) is 5.69 Å². The molecular weight excluding hydrogens is 388 g/mol. The van der Waals surface area contributed by atoms with Gasteiger partial charge in [0.15, 0.2) is 6.10 Å². The monoisotopic (exact) mass is 410 g/mol. The number of anilines is 1. The number of hydrogen-bond donors (Lipinski definition) is 2. The topological polar surface area (TPSA) is 84.5 Å². The summed E-state index contributed by atoms with van der Waals surface area (Å²) in [5, 5.41) is 3.31. The van der Waals surface area contributed by atoms with Crippen molar-refractivity contribution in [3.05, 3.63) is 53.6 Å². The van der Waals surface area contributed by atoms with Gasteiger partial charge in [0.25, 0.3) is 15.9 Å². The highest BCUT2D eigenvalue weighted by Gasteiger charge is 2.17. The van der Waals surface area contributed by atoms with Gasteiger partial charge in [-0.15, -0.1) is 0 Å². The van der Waals surface area contributed by atoms with Gasteiger partial charge in [0.2, 0.25) is 0 Å². The van der Waals surface area contributed by atoms with Gasteiger partial charge in [-0.1, -0.05) is 25.4 Å². The molecule has 0 saturated heterocycles. The first-order chi connectivity index (χ1) is 12.7. The summed E-state index contributed by atoms with van der Waals surface area (Å²) in [4.78, 5) is 12.0. The van der Waals surface area contributed by atoms with E-state index in [1.807, 2.05) is 13.8 Å². The number of nitrogens with one attached hydrogen (secondary N) is 2. The molecule has 2 rings (SSSR count). The van der Waals surface area contributed by atoms with Gasteiger partial charge in [-0.05, 0) is 61.4 Å². The number of sulfonamides is 1. The van der Waals surface area contributed by atoms with Gasteiger partial charge in [0.05, 0.1) is 4.90 Å². The van der Waals surface area contributed by atoms with Crippen molar-refractivity contribution in [1.82, 2.24) is 5.32 Å². The number of ether oxygens (including phenoxy) is 1. The molecule has 6 nitrogen and oxygen atoms in total. The lowest BCUT2D eigenvalue weighted by atomic mass is 10.2. The van der Waals surface area contributed by atoms with Crippen LogP contribution < -0.4 is 14.8 Å². The maximum atomic E-state index is 12.4. The lowest BCUT2D eigenvalue weighted by Gasteiger charge is -2.16. The summed E-state index contributed by atoms with van der Waals surface area (Å²) in [5.74, 6) is 0.538. The van der Waals surface area contributed by atoms with Crippen LogP contribution in [0.3, 0.4) is 0 Å². The number of carbonyl (C=O) groups excluding carboxylic acids is 1. The molecule has 0 aliphatic heterocycles. The molecule has 0 radical (unpaired) electrons. The Morgan fingerprint density at radius 1 is 1.04 bits per heavy atom. The van der Waals surface area contributed by atoms with E-state index >= 15 is 0 Å². The first-order valence-corrected chi connectivity index (χ1v) is 10.4. The van der Waals surface area contributed by atoms with Crippen LogP contribution in [0.2, 0.25) is 5.02 Å². The van der Waals surface area contributed by atoms with Crippen LogP contribution in [-0.2, 0) is 14.8 Å². The molecule has 1 atom stereocenters. The van der Waals surface area contributed by atoms with E-state index in [2.05, 4.69) is 10.0 Å². The second-order valence-corrected chi connectivity index (χ2v) is 8.60. The fourth-order valence-electron chi connectivity index (χ4n) is 2.14. The first kappa shape index (κ1) is 21.1. The molecule has 146 valence electrons. The molecule has 2 N–H and O–H groups in total. The average Bonchev–Trinajstić information content (AvgIpc) is 2.61. The third-order valence-electron chi connectivity index (χ3n) is 3.60. The van der Waals surface area contributed by atoms with Crippen molar-refractivity contribution in [2.75, 3.05) is 11.3 Å². The zero-order valence-corrected chi connectivity index (χ0v) is 17.0. The van der Waals surface area contributed by atoms with Crippen LogP contribution in [0.5, 0.6) is 5.75 Å². The highest BCUT2D eigenvalue weighted by molar-refractivity contribution is 7.92. The summed E-state index contributed by atoms with van der Waals surface area (Å²) in [6, 6.07) is 12.2. The van der Waals surface area contributed by atoms with Gasteiger partial charge in [-0.3, -0.25) is 9.52 Å². The van der Waals surface area contributed by atoms with Crippen LogP contribution >= 0.6 is 11.6 Å². The van der Waals surface area contributed by atoms with E-state index < -0.39 is 16.1 Å². The summed E-state index contributed by atoms with van der Waals surface area (Å²) < 4.78 is 32.9. The van der Waals surface area contributed by atoms with E-state index in [9.17, 15) is 13.2 Å². The molecule has 8 heteroatoms. The molecule has 0 unspecified atom stereocenters. The average molecular weight is 411 g/mol. The highest BCUT2D eigenvalue weighted by Crippen LogP contribution is 2.21. The number of benzene rings is 2. The second-order valence-electron chi connectivity index (χ2n) is 6.48. The van der Waals surface area contributed by atoms with Crippen molar-refractivity contribution in [2.45, 2.75) is 31.8 Å². The van der Waals surface area contributed by atoms with E-state index in [1.54, 1.807) is 31.2 Å². The lowest BCUT2D eigenvalue weighted by molar-refractivity contribution is -0.127. The summed E-state index contributed by atoms with van der Waals surface area (Å²) in [5.41, 5.74) is 0.412. The van der Waals surface area contributed by atoms with Crippen LogP contribution in [0, 0.1) is 5.92 Å². The van der Waals surface area contributed by atoms with E-state index in [0.29, 0.717) is 28.9 Å². The van der Waals surface area contributed by atoms with Gasteiger partial charge in [-0.2, -0.15) is 0 Å². The third-order valence-corrected chi connectivity index (χ3v) is 5.25. The number of amides is 1. The van der Waals surface area contributed by atoms with Crippen molar-refractivity contribution < 1.29 is 17.9 Å². The fraction of sp³-hybridized carbons (Fsp3) is 0.316. The number of hydrogen-bond acceptors (Lipinski definition) is 4. The van der Waals surface area contributed by atoms with Gasteiger partial charge in [-0.25, -0.2) is 8.42 Å². The van der Waals surface area contributed by atoms with Crippen LogP contribution in [0.25, 0.3) is 0 Å². The molecule has 2 aromatic carbocycles. The Morgan fingerprint density at radius 3 is 2.19 bits per heavy atom. The van der Waals surface area contributed by atoms with Gasteiger partial charge >= 0.3 is 0 Å². The molecule has 0 bridgehead atoms. The lowest BCUT2D eigenvalue weighted by Crippen LogP contribution is -2.38. The molecule has 0 spiro atoms. The SMILES string of the molecule is CC(C)CNC(=O)[C@@H](C)Oc1ccc(S(=O)(=O)Nc2ccc(Cl)cc2)cc1. The predicted octanol–water partition coefficient (Wildman–Crippen LogP) is 3.68. The van der Waals surface area contributed by atoms with E-state index in [0.717, 1.165) is 0 Å². The Bertz CT molecular complexity index is 866. The minimum absolute atomic E-state index is 0.0849. The van der Waals surface area contributed by atoms with E-state index in [4.69, 9.17) is 16.3 Å². The quantitative estimate of drug-likeness (QED) is 0.695. The minimum atomic E-state index is -3.73. The predicted molar refractivity (Wildman–Crippen MR) is 107 cm³/mol. The largest absolute Gasteiger partial charge is 0.481 e. The van der Waals surface area contributed by atoms with Gasteiger partial charge < -0.3 is 10.1 Å². The summed E-state index contributed by atoms with van der Waals surface area (Å²) in [6.45, 7) is 6.22. The van der Waals surface area contributed by atoms with Crippen LogP contribution in [0.1, 0.15) is 20.8 Å². The summed E-state index contributed by atoms with van der Waals surface area (Å²) in [6.07, 6.45) is -0.682. The number of rotatable bonds is 8. The molecule has 0 fully saturated rings. The first-order valence-electron chi connectivity index (χ1n) is 8.50. The summed E-state index contributed by atoms with van der Waals surface area (Å²) in [7, 11) is -3.73. The van der Waals surface area contributed by atoms with E-state index in [1.165, 1.54) is 24.3 Å². The van der Waals surface area contributed by atoms with Crippen molar-refractivity contribution in [3.63, 3.8) is 0 Å². The number of halogens is 1. The Hall–Kier alpha value is -2.25. The molecular formula is C19H23ClN2O4S. The maximum Gasteiger partial charge on any atom is 0.261 e. The Labute approximate surface area is 164 Å². The molecule has 0 heterocycles. The van der Waals surface area contributed by atoms with Crippen molar-refractivity contribution >= 4 is 33.2 Å². The zero-order valence-electron chi connectivity index (χ0n) is 15.4. The fourth-order valence-corrected chi connectivity index (χ4v) is 3.32. The van der Waals surface area contributed by atoms with Crippen molar-refractivity contribution in [1.29, 1.82) is 0 Å². The maximum absolute atomic E-state index is 12.4. The molecule has 0 aliphatic rings. The van der Waals surface area contributed by atoms with Gasteiger partial charge in [0, 0.05) is 17.3 Å². The molecule has 2 aromatic rings. The Balaban J connectivity index is 2.01. The normalized spacial score (nSPS) is 12.5. The van der Waals surface area contributed by atoms with Crippen LogP contribution in [-0.4, -0.2) is 27.0 Å². The molecule has 1 amide bonds. The standard InChI is InChI=1S/C19H23ClN2O4S/c1-13(2)12-21-19(23)14(3)26-17-8-10-18(11-9-17)27(24,25)22-16-6-4-15(20)5-7-16/h4-11,13-14,22H,12H2,1-3H3,(H,21,23)/t14-/m1/s1. The van der Waals surface area contributed by atoms with E-state index in [-0.39, 0.29) is 10.8 Å². The molecule has 0 aromatic heterocycles. The second kappa shape index (κ2) is 9.10. The Kier molecular flexibility index (Phi) is 7.10. The molecule has 27 heavy (non-hydrogen) atoms. The zero-order chi connectivity index (χ0) is 20.0. The Morgan fingerprint density at radius 2 is 1.63 bits per heavy atom. The third kappa shape index (κ3) is 6.45. The number of carbonyl (C=O) groups is 1. The molecule has 0 saturated carbocycles. The van der Waals surface area contributed by atoms with Gasteiger partial charge in [0.1, 0.15) is 5.75 Å². The highest BCUT2D eigenvalue weighted by atomic mass is 35.5. The van der Waals surface area contributed by atoms with Crippen molar-refractivity contribution in [3.8, 4) is 5.75 Å². The smallest absolute Gasteiger partial charge is 0.261 e. The van der Waals surface area contributed by atoms with Crippen LogP contribution in [0.15, 0.2) is 53.4 Å². The van der Waals surface area contributed by atoms with Crippen molar-refractivity contribution in [2.24, 2.45) is 5.92 Å². The summed E-state index contributed by atoms with van der Waals surface area (Å²) >= 11 is 5.80. The minimum Gasteiger partial charge on any atom is -0.481 e. The molecule has 0 aliphatic carbocycles.